The third-order valence-electron chi connectivity index (χ3n) is 3.95. The van der Waals surface area contributed by atoms with Crippen LogP contribution in [-0.2, 0) is 0 Å². The second-order valence-electron chi connectivity index (χ2n) is 5.53. The molecule has 1 fully saturated rings. The molecule has 0 aromatic heterocycles. The van der Waals surface area contributed by atoms with Crippen LogP contribution in [0, 0.1) is 5.92 Å². The molecule has 0 spiro atoms. The summed E-state index contributed by atoms with van der Waals surface area (Å²) in [5.74, 6) is 1.01. The molecule has 0 bridgehead atoms. The maximum Gasteiger partial charge on any atom is 0.0107 e. The summed E-state index contributed by atoms with van der Waals surface area (Å²) in [6, 6.07) is 0. The van der Waals surface area contributed by atoms with Gasteiger partial charge in [-0.15, -0.1) is 0 Å². The van der Waals surface area contributed by atoms with E-state index in [2.05, 4.69) is 24.1 Å². The van der Waals surface area contributed by atoms with Gasteiger partial charge in [-0.2, -0.15) is 0 Å². The molecular weight excluding hydrogens is 208 g/mol. The minimum atomic E-state index is 1.01. The molecule has 1 unspecified atom stereocenters. The molecule has 1 heterocycles. The second kappa shape index (κ2) is 9.90. The van der Waals surface area contributed by atoms with E-state index in [0.29, 0.717) is 0 Å². The number of rotatable bonds is 8. The molecule has 0 radical (unpaired) electrons. The van der Waals surface area contributed by atoms with E-state index in [4.69, 9.17) is 0 Å². The molecule has 0 saturated carbocycles. The van der Waals surface area contributed by atoms with Crippen molar-refractivity contribution in [3.05, 3.63) is 0 Å². The van der Waals surface area contributed by atoms with Gasteiger partial charge in [0, 0.05) is 13.1 Å². The molecule has 17 heavy (non-hydrogen) atoms. The number of hydrogen-bond donors (Lipinski definition) is 1. The Morgan fingerprint density at radius 3 is 2.71 bits per heavy atom. The molecule has 2 heteroatoms. The standard InChI is InChI=1S/C15H32N2/c1-3-5-10-16-11-14-17-12-6-8-15(7-4-2)9-13-17/h15-16H,3-14H2,1-2H3. The van der Waals surface area contributed by atoms with Crippen LogP contribution in [0.2, 0.25) is 0 Å². The molecule has 1 N–H and O–H groups in total. The summed E-state index contributed by atoms with van der Waals surface area (Å²) in [5.41, 5.74) is 0. The van der Waals surface area contributed by atoms with Gasteiger partial charge in [0.15, 0.2) is 0 Å². The van der Waals surface area contributed by atoms with Gasteiger partial charge < -0.3 is 10.2 Å². The van der Waals surface area contributed by atoms with Gasteiger partial charge in [-0.05, 0) is 51.2 Å². The molecule has 1 aliphatic rings. The predicted molar refractivity (Wildman–Crippen MR) is 76.5 cm³/mol. The van der Waals surface area contributed by atoms with Crippen molar-refractivity contribution in [1.29, 1.82) is 0 Å². The Morgan fingerprint density at radius 1 is 1.06 bits per heavy atom. The lowest BCUT2D eigenvalue weighted by Crippen LogP contribution is -2.33. The van der Waals surface area contributed by atoms with Crippen LogP contribution < -0.4 is 5.32 Å². The van der Waals surface area contributed by atoms with Crippen LogP contribution in [0.25, 0.3) is 0 Å². The predicted octanol–water partition coefficient (Wildman–Crippen LogP) is 3.28. The lowest BCUT2D eigenvalue weighted by atomic mass is 9.96. The van der Waals surface area contributed by atoms with Crippen LogP contribution in [0.4, 0.5) is 0 Å². The molecule has 2 nitrogen and oxygen atoms in total. The Hall–Kier alpha value is -0.0800. The fourth-order valence-corrected chi connectivity index (χ4v) is 2.81. The summed E-state index contributed by atoms with van der Waals surface area (Å²) in [6.07, 6.45) is 9.75. The number of hydrogen-bond acceptors (Lipinski definition) is 2. The largest absolute Gasteiger partial charge is 0.315 e. The fraction of sp³-hybridized carbons (Fsp3) is 1.00. The zero-order valence-electron chi connectivity index (χ0n) is 12.0. The Morgan fingerprint density at radius 2 is 1.94 bits per heavy atom. The first-order valence-electron chi connectivity index (χ1n) is 7.79. The van der Waals surface area contributed by atoms with Crippen LogP contribution in [0.5, 0.6) is 0 Å². The topological polar surface area (TPSA) is 15.3 Å². The van der Waals surface area contributed by atoms with Gasteiger partial charge in [0.05, 0.1) is 0 Å². The SMILES string of the molecule is CCCCNCCN1CCCC(CCC)CC1. The van der Waals surface area contributed by atoms with Crippen molar-refractivity contribution in [1.82, 2.24) is 10.2 Å². The maximum atomic E-state index is 3.55. The van der Waals surface area contributed by atoms with Crippen LogP contribution in [0.1, 0.15) is 58.8 Å². The van der Waals surface area contributed by atoms with Crippen molar-refractivity contribution in [2.24, 2.45) is 5.92 Å². The highest BCUT2D eigenvalue weighted by atomic mass is 15.1. The lowest BCUT2D eigenvalue weighted by molar-refractivity contribution is 0.278. The highest BCUT2D eigenvalue weighted by Gasteiger charge is 2.15. The zero-order valence-corrected chi connectivity index (χ0v) is 12.0. The molecule has 0 amide bonds. The summed E-state index contributed by atoms with van der Waals surface area (Å²) in [6.45, 7) is 10.9. The third-order valence-corrected chi connectivity index (χ3v) is 3.95. The highest BCUT2D eigenvalue weighted by Crippen LogP contribution is 2.21. The number of nitrogens with zero attached hydrogens (tertiary/aromatic N) is 1. The average Bonchev–Trinajstić information content (AvgIpc) is 2.55. The van der Waals surface area contributed by atoms with E-state index in [1.54, 1.807) is 0 Å². The molecule has 0 aromatic carbocycles. The Labute approximate surface area is 108 Å². The van der Waals surface area contributed by atoms with Gasteiger partial charge >= 0.3 is 0 Å². The van der Waals surface area contributed by atoms with E-state index < -0.39 is 0 Å². The summed E-state index contributed by atoms with van der Waals surface area (Å²) < 4.78 is 0. The quantitative estimate of drug-likeness (QED) is 0.655. The zero-order chi connectivity index (χ0) is 12.3. The van der Waals surface area contributed by atoms with Crippen molar-refractivity contribution in [3.8, 4) is 0 Å². The van der Waals surface area contributed by atoms with Crippen LogP contribution >= 0.6 is 0 Å². The van der Waals surface area contributed by atoms with E-state index in [1.165, 1.54) is 77.7 Å². The minimum Gasteiger partial charge on any atom is -0.315 e. The summed E-state index contributed by atoms with van der Waals surface area (Å²) in [7, 11) is 0. The van der Waals surface area contributed by atoms with Gasteiger partial charge in [0.2, 0.25) is 0 Å². The van der Waals surface area contributed by atoms with E-state index in [9.17, 15) is 0 Å². The van der Waals surface area contributed by atoms with Crippen LogP contribution in [0.3, 0.4) is 0 Å². The highest BCUT2D eigenvalue weighted by molar-refractivity contribution is 4.70. The Kier molecular flexibility index (Phi) is 8.72. The van der Waals surface area contributed by atoms with E-state index in [1.807, 2.05) is 0 Å². The first kappa shape index (κ1) is 15.0. The van der Waals surface area contributed by atoms with Gasteiger partial charge in [0.1, 0.15) is 0 Å². The minimum absolute atomic E-state index is 1.01. The number of likely N-dealkylation sites (tertiary alicyclic amines) is 1. The monoisotopic (exact) mass is 240 g/mol. The van der Waals surface area contributed by atoms with Crippen LogP contribution in [0.15, 0.2) is 0 Å². The van der Waals surface area contributed by atoms with Crippen molar-refractivity contribution in [3.63, 3.8) is 0 Å². The molecule has 1 aliphatic heterocycles. The molecular formula is C15H32N2. The van der Waals surface area contributed by atoms with E-state index in [-0.39, 0.29) is 0 Å². The van der Waals surface area contributed by atoms with Gasteiger partial charge in [0.25, 0.3) is 0 Å². The smallest absolute Gasteiger partial charge is 0.0107 e. The first-order chi connectivity index (χ1) is 8.36. The van der Waals surface area contributed by atoms with Gasteiger partial charge in [-0.25, -0.2) is 0 Å². The fourth-order valence-electron chi connectivity index (χ4n) is 2.81. The van der Waals surface area contributed by atoms with Crippen molar-refractivity contribution >= 4 is 0 Å². The van der Waals surface area contributed by atoms with E-state index in [0.717, 1.165) is 5.92 Å². The van der Waals surface area contributed by atoms with Crippen LogP contribution in [-0.4, -0.2) is 37.6 Å². The van der Waals surface area contributed by atoms with Crippen molar-refractivity contribution in [2.45, 2.75) is 58.8 Å². The molecule has 1 saturated heterocycles. The average molecular weight is 240 g/mol. The first-order valence-corrected chi connectivity index (χ1v) is 7.79. The Bertz CT molecular complexity index is 170. The van der Waals surface area contributed by atoms with Crippen molar-refractivity contribution < 1.29 is 0 Å². The summed E-state index contributed by atoms with van der Waals surface area (Å²) >= 11 is 0. The maximum absolute atomic E-state index is 3.55. The molecule has 0 aromatic rings. The molecule has 1 rings (SSSR count). The molecule has 1 atom stereocenters. The van der Waals surface area contributed by atoms with E-state index >= 15 is 0 Å². The van der Waals surface area contributed by atoms with Gasteiger partial charge in [-0.1, -0.05) is 33.1 Å². The van der Waals surface area contributed by atoms with Gasteiger partial charge in [-0.3, -0.25) is 0 Å². The number of unbranched alkanes of at least 4 members (excludes halogenated alkanes) is 1. The summed E-state index contributed by atoms with van der Waals surface area (Å²) in [5, 5.41) is 3.55. The second-order valence-corrected chi connectivity index (χ2v) is 5.53. The normalized spacial score (nSPS) is 22.6. The molecule has 102 valence electrons. The number of nitrogens with one attached hydrogen (secondary N) is 1. The molecule has 0 aliphatic carbocycles. The lowest BCUT2D eigenvalue weighted by Gasteiger charge is -2.20. The van der Waals surface area contributed by atoms with Crippen molar-refractivity contribution in [2.75, 3.05) is 32.7 Å². The third kappa shape index (κ3) is 7.05. The Balaban J connectivity index is 2.05. The summed E-state index contributed by atoms with van der Waals surface area (Å²) in [4.78, 5) is 2.66.